The Kier molecular flexibility index (Phi) is 6.88. The van der Waals surface area contributed by atoms with E-state index in [0.29, 0.717) is 0 Å². The monoisotopic (exact) mass is 343 g/mol. The molecule has 0 aliphatic rings. The highest BCUT2D eigenvalue weighted by molar-refractivity contribution is 7.98. The summed E-state index contributed by atoms with van der Waals surface area (Å²) in [5.74, 6) is -0.518. The highest BCUT2D eigenvalue weighted by atomic mass is 32.2. The molecule has 2 aromatic rings. The fraction of sp³-hybridized carbons (Fsp3) is 0.263. The van der Waals surface area contributed by atoms with Crippen molar-refractivity contribution in [1.29, 1.82) is 0 Å². The molecule has 5 heteroatoms. The fourth-order valence-corrected chi connectivity index (χ4v) is 2.70. The number of nitrogens with one attached hydrogen (secondary N) is 1. The van der Waals surface area contributed by atoms with E-state index in [9.17, 15) is 9.59 Å². The van der Waals surface area contributed by atoms with Gasteiger partial charge < -0.3 is 10.1 Å². The number of amides is 1. The van der Waals surface area contributed by atoms with Gasteiger partial charge in [-0.1, -0.05) is 42.5 Å². The molecular weight excluding hydrogens is 322 g/mol. The topological polar surface area (TPSA) is 55.4 Å². The summed E-state index contributed by atoms with van der Waals surface area (Å²) in [5.41, 5.74) is 1.82. The lowest BCUT2D eigenvalue weighted by atomic mass is 10.0. The van der Waals surface area contributed by atoms with Gasteiger partial charge in [0.1, 0.15) is 6.61 Å². The van der Waals surface area contributed by atoms with Crippen LogP contribution in [0.2, 0.25) is 0 Å². The van der Waals surface area contributed by atoms with E-state index in [1.54, 1.807) is 11.8 Å². The Morgan fingerprint density at radius 1 is 1.08 bits per heavy atom. The van der Waals surface area contributed by atoms with Gasteiger partial charge in [0.15, 0.2) is 0 Å². The maximum Gasteiger partial charge on any atom is 0.308 e. The Bertz CT molecular complexity index is 671. The Hall–Kier alpha value is -2.27. The van der Waals surface area contributed by atoms with Crippen molar-refractivity contribution in [2.24, 2.45) is 0 Å². The minimum Gasteiger partial charge on any atom is -0.461 e. The summed E-state index contributed by atoms with van der Waals surface area (Å²) in [6.45, 7) is 1.67. The van der Waals surface area contributed by atoms with E-state index in [-0.39, 0.29) is 30.9 Å². The van der Waals surface area contributed by atoms with E-state index in [1.807, 2.05) is 60.9 Å². The zero-order chi connectivity index (χ0) is 17.4. The van der Waals surface area contributed by atoms with E-state index in [0.717, 1.165) is 11.1 Å². The number of thioether (sulfide) groups is 1. The molecule has 1 atom stereocenters. The van der Waals surface area contributed by atoms with Crippen LogP contribution in [0.3, 0.4) is 0 Å². The number of ether oxygens (including phenoxy) is 1. The fourth-order valence-electron chi connectivity index (χ4n) is 2.29. The Labute approximate surface area is 146 Å². The first kappa shape index (κ1) is 18.1. The quantitative estimate of drug-likeness (QED) is 0.615. The molecule has 0 radical (unpaired) electrons. The normalized spacial score (nSPS) is 11.6. The van der Waals surface area contributed by atoms with Gasteiger partial charge in [0, 0.05) is 11.8 Å². The van der Waals surface area contributed by atoms with Gasteiger partial charge in [0.25, 0.3) is 0 Å². The number of carbonyl (C=O) groups excluding carboxylic acids is 2. The summed E-state index contributed by atoms with van der Waals surface area (Å²) in [6, 6.07) is 16.9. The van der Waals surface area contributed by atoms with Crippen LogP contribution in [0.15, 0.2) is 59.5 Å². The van der Waals surface area contributed by atoms with Gasteiger partial charge in [-0.3, -0.25) is 9.59 Å². The number of hydrogen-bond acceptors (Lipinski definition) is 4. The molecular formula is C19H21NO3S. The van der Waals surface area contributed by atoms with Crippen molar-refractivity contribution < 1.29 is 14.3 Å². The van der Waals surface area contributed by atoms with E-state index in [1.165, 1.54) is 11.8 Å². The first-order valence-electron chi connectivity index (χ1n) is 7.69. The molecule has 1 amide bonds. The van der Waals surface area contributed by atoms with Crippen LogP contribution in [0.25, 0.3) is 0 Å². The van der Waals surface area contributed by atoms with Gasteiger partial charge in [-0.15, -0.1) is 11.8 Å². The highest BCUT2D eigenvalue weighted by Gasteiger charge is 2.17. The van der Waals surface area contributed by atoms with Crippen molar-refractivity contribution in [2.75, 3.05) is 6.26 Å². The summed E-state index contributed by atoms with van der Waals surface area (Å²) >= 11 is 1.67. The van der Waals surface area contributed by atoms with E-state index >= 15 is 0 Å². The van der Waals surface area contributed by atoms with Crippen LogP contribution in [0.4, 0.5) is 0 Å². The number of esters is 1. The van der Waals surface area contributed by atoms with Gasteiger partial charge in [-0.25, -0.2) is 0 Å². The molecule has 0 saturated heterocycles. The Morgan fingerprint density at radius 2 is 1.75 bits per heavy atom. The second kappa shape index (κ2) is 9.13. The predicted octanol–water partition coefficient (Wildman–Crippen LogP) is 3.72. The summed E-state index contributed by atoms with van der Waals surface area (Å²) in [4.78, 5) is 24.7. The third-order valence-corrected chi connectivity index (χ3v) is 4.25. The molecule has 0 aliphatic heterocycles. The van der Waals surface area contributed by atoms with Gasteiger partial charge in [-0.2, -0.15) is 0 Å². The third-order valence-electron chi connectivity index (χ3n) is 3.51. The average Bonchev–Trinajstić information content (AvgIpc) is 2.60. The molecule has 126 valence electrons. The van der Waals surface area contributed by atoms with Crippen molar-refractivity contribution in [1.82, 2.24) is 5.32 Å². The minimum atomic E-state index is -0.380. The van der Waals surface area contributed by atoms with Crippen LogP contribution >= 0.6 is 11.8 Å². The van der Waals surface area contributed by atoms with E-state index in [4.69, 9.17) is 4.74 Å². The first-order chi connectivity index (χ1) is 11.6. The average molecular weight is 343 g/mol. The molecule has 24 heavy (non-hydrogen) atoms. The Balaban J connectivity index is 1.93. The van der Waals surface area contributed by atoms with E-state index in [2.05, 4.69) is 5.32 Å². The van der Waals surface area contributed by atoms with Crippen molar-refractivity contribution in [3.05, 3.63) is 65.7 Å². The van der Waals surface area contributed by atoms with Crippen molar-refractivity contribution in [3.63, 3.8) is 0 Å². The first-order valence-corrected chi connectivity index (χ1v) is 8.91. The smallest absolute Gasteiger partial charge is 0.308 e. The highest BCUT2D eigenvalue weighted by Crippen LogP contribution is 2.18. The molecule has 4 nitrogen and oxygen atoms in total. The summed E-state index contributed by atoms with van der Waals surface area (Å²) in [6.07, 6.45) is 2.12. The largest absolute Gasteiger partial charge is 0.461 e. The molecule has 0 aromatic heterocycles. The summed E-state index contributed by atoms with van der Waals surface area (Å²) in [7, 11) is 0. The van der Waals surface area contributed by atoms with Crippen LogP contribution < -0.4 is 5.32 Å². The van der Waals surface area contributed by atoms with Gasteiger partial charge in [0.2, 0.25) is 5.91 Å². The zero-order valence-corrected chi connectivity index (χ0v) is 14.6. The number of benzene rings is 2. The molecule has 0 unspecified atom stereocenters. The second-order valence-corrected chi connectivity index (χ2v) is 6.26. The maximum absolute atomic E-state index is 12.1. The molecule has 0 spiro atoms. The third kappa shape index (κ3) is 5.74. The lowest BCUT2D eigenvalue weighted by molar-refractivity contribution is -0.145. The predicted molar refractivity (Wildman–Crippen MR) is 95.6 cm³/mol. The van der Waals surface area contributed by atoms with Crippen LogP contribution in [-0.4, -0.2) is 18.1 Å². The van der Waals surface area contributed by atoms with Crippen molar-refractivity contribution in [2.45, 2.75) is 30.9 Å². The SMILES string of the molecule is CSc1ccc(COC(=O)C[C@H](NC(C)=O)c2ccccc2)cc1. The lowest BCUT2D eigenvalue weighted by Crippen LogP contribution is -2.28. The van der Waals surface area contributed by atoms with Crippen molar-refractivity contribution >= 4 is 23.6 Å². The van der Waals surface area contributed by atoms with Crippen LogP contribution in [0, 0.1) is 0 Å². The molecule has 0 aliphatic carbocycles. The number of hydrogen-bond donors (Lipinski definition) is 1. The van der Waals surface area contributed by atoms with Crippen LogP contribution in [-0.2, 0) is 20.9 Å². The molecule has 0 heterocycles. The van der Waals surface area contributed by atoms with Gasteiger partial charge in [-0.05, 0) is 29.5 Å². The van der Waals surface area contributed by atoms with Crippen LogP contribution in [0.5, 0.6) is 0 Å². The summed E-state index contributed by atoms with van der Waals surface area (Å²) < 4.78 is 5.34. The van der Waals surface area contributed by atoms with Gasteiger partial charge in [0.05, 0.1) is 12.5 Å². The maximum atomic E-state index is 12.1. The van der Waals surface area contributed by atoms with Gasteiger partial charge >= 0.3 is 5.97 Å². The van der Waals surface area contributed by atoms with Crippen molar-refractivity contribution in [3.8, 4) is 0 Å². The summed E-state index contributed by atoms with van der Waals surface area (Å²) in [5, 5.41) is 2.80. The molecule has 0 saturated carbocycles. The second-order valence-electron chi connectivity index (χ2n) is 5.38. The number of rotatable bonds is 7. The van der Waals surface area contributed by atoms with E-state index < -0.39 is 0 Å². The minimum absolute atomic E-state index is 0.104. The molecule has 0 bridgehead atoms. The Morgan fingerprint density at radius 3 is 2.33 bits per heavy atom. The zero-order valence-electron chi connectivity index (χ0n) is 13.8. The molecule has 2 aromatic carbocycles. The van der Waals surface area contributed by atoms with Crippen LogP contribution in [0.1, 0.15) is 30.5 Å². The molecule has 2 rings (SSSR count). The molecule has 1 N–H and O–H groups in total. The standard InChI is InChI=1S/C19H21NO3S/c1-14(21)20-18(16-6-4-3-5-7-16)12-19(22)23-13-15-8-10-17(24-2)11-9-15/h3-11,18H,12-13H2,1-2H3,(H,20,21)/t18-/m0/s1. The number of carbonyl (C=O) groups is 2. The molecule has 0 fully saturated rings. The lowest BCUT2D eigenvalue weighted by Gasteiger charge is -2.17.